The monoisotopic (exact) mass is 164 g/mol. The van der Waals surface area contributed by atoms with Crippen molar-refractivity contribution in [3.63, 3.8) is 0 Å². The first kappa shape index (κ1) is 8.41. The third-order valence-corrected chi connectivity index (χ3v) is 1.88. The molecule has 0 aliphatic rings. The summed E-state index contributed by atoms with van der Waals surface area (Å²) in [6, 6.07) is 8.08. The van der Waals surface area contributed by atoms with E-state index in [9.17, 15) is 0 Å². The molecule has 1 heteroatoms. The van der Waals surface area contributed by atoms with Crippen LogP contribution in [0.15, 0.2) is 35.2 Å². The van der Waals surface area contributed by atoms with Gasteiger partial charge in [-0.15, -0.1) is 12.6 Å². The maximum atomic E-state index is 4.32. The molecule has 0 bridgehead atoms. The topological polar surface area (TPSA) is 0 Å². The second-order valence-corrected chi connectivity index (χ2v) is 2.85. The molecule has 0 N–H and O–H groups in total. The lowest BCUT2D eigenvalue weighted by Gasteiger charge is -1.95. The zero-order valence-electron chi connectivity index (χ0n) is 6.62. The Labute approximate surface area is 73.4 Å². The van der Waals surface area contributed by atoms with Crippen molar-refractivity contribution in [1.82, 2.24) is 0 Å². The first-order valence-electron chi connectivity index (χ1n) is 3.79. The van der Waals surface area contributed by atoms with E-state index in [1.54, 1.807) is 0 Å². The van der Waals surface area contributed by atoms with Gasteiger partial charge in [0.15, 0.2) is 0 Å². The number of hydrogen-bond donors (Lipinski definition) is 1. The van der Waals surface area contributed by atoms with Gasteiger partial charge in [-0.25, -0.2) is 0 Å². The summed E-state index contributed by atoms with van der Waals surface area (Å²) >= 11 is 4.32. The Kier molecular flexibility index (Phi) is 3.24. The van der Waals surface area contributed by atoms with Crippen LogP contribution in [0.25, 0.3) is 6.08 Å². The Balaban J connectivity index is 2.86. The maximum absolute atomic E-state index is 4.32. The van der Waals surface area contributed by atoms with Crippen molar-refractivity contribution in [3.8, 4) is 0 Å². The summed E-state index contributed by atoms with van der Waals surface area (Å²) in [6.07, 6.45) is 5.31. The van der Waals surface area contributed by atoms with E-state index in [1.807, 2.05) is 18.2 Å². The quantitative estimate of drug-likeness (QED) is 0.636. The van der Waals surface area contributed by atoms with Crippen LogP contribution in [-0.2, 0) is 0 Å². The molecule has 0 aliphatic heterocycles. The van der Waals surface area contributed by atoms with Crippen LogP contribution < -0.4 is 0 Å². The van der Waals surface area contributed by atoms with E-state index in [-0.39, 0.29) is 0 Å². The van der Waals surface area contributed by atoms with Gasteiger partial charge in [-0.2, -0.15) is 0 Å². The smallest absolute Gasteiger partial charge is 0.0112 e. The van der Waals surface area contributed by atoms with Gasteiger partial charge in [0, 0.05) is 4.90 Å². The van der Waals surface area contributed by atoms with E-state index >= 15 is 0 Å². The minimum absolute atomic E-state index is 1.04. The number of rotatable bonds is 2. The van der Waals surface area contributed by atoms with Crippen LogP contribution in [0.5, 0.6) is 0 Å². The Hall–Kier alpha value is -0.690. The molecule has 1 rings (SSSR count). The van der Waals surface area contributed by atoms with Crippen molar-refractivity contribution in [1.29, 1.82) is 0 Å². The predicted molar refractivity (Wildman–Crippen MR) is 53.0 cm³/mol. The molecule has 0 fully saturated rings. The molecule has 0 saturated carbocycles. The Morgan fingerprint density at radius 1 is 1.36 bits per heavy atom. The molecule has 0 aromatic heterocycles. The summed E-state index contributed by atoms with van der Waals surface area (Å²) in [4.78, 5) is 1.04. The van der Waals surface area contributed by atoms with Crippen LogP contribution in [0.1, 0.15) is 18.9 Å². The predicted octanol–water partition coefficient (Wildman–Crippen LogP) is 3.40. The summed E-state index contributed by atoms with van der Waals surface area (Å²) in [5.41, 5.74) is 1.19. The van der Waals surface area contributed by atoms with Gasteiger partial charge in [0.1, 0.15) is 0 Å². The third kappa shape index (κ3) is 2.43. The molecule has 0 heterocycles. The van der Waals surface area contributed by atoms with Crippen molar-refractivity contribution in [2.24, 2.45) is 0 Å². The van der Waals surface area contributed by atoms with Crippen LogP contribution in [0.4, 0.5) is 0 Å². The molecule has 0 aliphatic carbocycles. The van der Waals surface area contributed by atoms with Gasteiger partial charge in [0.25, 0.3) is 0 Å². The lowest BCUT2D eigenvalue weighted by molar-refractivity contribution is 1.23. The second kappa shape index (κ2) is 4.24. The van der Waals surface area contributed by atoms with Gasteiger partial charge in [-0.1, -0.05) is 37.3 Å². The average Bonchev–Trinajstić information content (AvgIpc) is 2.03. The SMILES string of the molecule is CCC=Cc1ccccc1S. The summed E-state index contributed by atoms with van der Waals surface area (Å²) in [7, 11) is 0. The van der Waals surface area contributed by atoms with Gasteiger partial charge in [0.2, 0.25) is 0 Å². The van der Waals surface area contributed by atoms with E-state index in [0.717, 1.165) is 11.3 Å². The van der Waals surface area contributed by atoms with Crippen LogP contribution in [0.2, 0.25) is 0 Å². The molecule has 0 spiro atoms. The highest BCUT2D eigenvalue weighted by Crippen LogP contribution is 2.14. The fourth-order valence-electron chi connectivity index (χ4n) is 0.873. The summed E-state index contributed by atoms with van der Waals surface area (Å²) in [6.45, 7) is 2.12. The third-order valence-electron chi connectivity index (χ3n) is 1.47. The van der Waals surface area contributed by atoms with Gasteiger partial charge >= 0.3 is 0 Å². The summed E-state index contributed by atoms with van der Waals surface area (Å²) in [5, 5.41) is 0. The highest BCUT2D eigenvalue weighted by molar-refractivity contribution is 7.80. The lowest BCUT2D eigenvalue weighted by atomic mass is 10.2. The summed E-state index contributed by atoms with van der Waals surface area (Å²) in [5.74, 6) is 0. The molecular weight excluding hydrogens is 152 g/mol. The molecule has 0 nitrogen and oxygen atoms in total. The van der Waals surface area contributed by atoms with E-state index in [2.05, 4.69) is 37.8 Å². The maximum Gasteiger partial charge on any atom is 0.0112 e. The van der Waals surface area contributed by atoms with Crippen LogP contribution in [0, 0.1) is 0 Å². The number of benzene rings is 1. The molecule has 11 heavy (non-hydrogen) atoms. The van der Waals surface area contributed by atoms with Crippen molar-refractivity contribution < 1.29 is 0 Å². The number of hydrogen-bond acceptors (Lipinski definition) is 1. The summed E-state index contributed by atoms with van der Waals surface area (Å²) < 4.78 is 0. The molecule has 1 aromatic carbocycles. The molecule has 58 valence electrons. The Morgan fingerprint density at radius 2 is 2.09 bits per heavy atom. The molecule has 1 aromatic rings. The lowest BCUT2D eigenvalue weighted by Crippen LogP contribution is -1.73. The number of allylic oxidation sites excluding steroid dienone is 1. The molecule has 0 amide bonds. The van der Waals surface area contributed by atoms with E-state index in [4.69, 9.17) is 0 Å². The molecule has 0 saturated heterocycles. The first-order chi connectivity index (χ1) is 5.34. The molecular formula is C10H12S. The van der Waals surface area contributed by atoms with Gasteiger partial charge < -0.3 is 0 Å². The highest BCUT2D eigenvalue weighted by Gasteiger charge is 1.89. The zero-order chi connectivity index (χ0) is 8.10. The number of thiol groups is 1. The Morgan fingerprint density at radius 3 is 2.73 bits per heavy atom. The molecule has 0 radical (unpaired) electrons. The van der Waals surface area contributed by atoms with Crippen LogP contribution >= 0.6 is 12.6 Å². The van der Waals surface area contributed by atoms with Crippen molar-refractivity contribution in [2.45, 2.75) is 18.2 Å². The minimum Gasteiger partial charge on any atom is -0.143 e. The van der Waals surface area contributed by atoms with Crippen molar-refractivity contribution in [3.05, 3.63) is 35.9 Å². The van der Waals surface area contributed by atoms with Gasteiger partial charge in [-0.05, 0) is 18.1 Å². The van der Waals surface area contributed by atoms with Gasteiger partial charge in [0.05, 0.1) is 0 Å². The van der Waals surface area contributed by atoms with E-state index < -0.39 is 0 Å². The highest BCUT2D eigenvalue weighted by atomic mass is 32.1. The standard InChI is InChI=1S/C10H12S/c1-2-3-6-9-7-4-5-8-10(9)11/h3-8,11H,2H2,1H3. The van der Waals surface area contributed by atoms with Crippen molar-refractivity contribution in [2.75, 3.05) is 0 Å². The molecule has 0 atom stereocenters. The fourth-order valence-corrected chi connectivity index (χ4v) is 1.11. The van der Waals surface area contributed by atoms with Crippen LogP contribution in [-0.4, -0.2) is 0 Å². The normalized spacial score (nSPS) is 10.7. The average molecular weight is 164 g/mol. The van der Waals surface area contributed by atoms with Gasteiger partial charge in [-0.3, -0.25) is 0 Å². The van der Waals surface area contributed by atoms with E-state index in [0.29, 0.717) is 0 Å². The van der Waals surface area contributed by atoms with Crippen molar-refractivity contribution >= 4 is 18.7 Å². The van der Waals surface area contributed by atoms with Crippen LogP contribution in [0.3, 0.4) is 0 Å². The zero-order valence-corrected chi connectivity index (χ0v) is 7.51. The Bertz CT molecular complexity index is 251. The minimum atomic E-state index is 1.04. The molecule has 0 unspecified atom stereocenters. The van der Waals surface area contributed by atoms with E-state index in [1.165, 1.54) is 5.56 Å². The first-order valence-corrected chi connectivity index (χ1v) is 4.24. The fraction of sp³-hybridized carbons (Fsp3) is 0.200. The second-order valence-electron chi connectivity index (χ2n) is 2.37. The largest absolute Gasteiger partial charge is 0.143 e.